The second kappa shape index (κ2) is 7.27. The summed E-state index contributed by atoms with van der Waals surface area (Å²) < 4.78 is 9.37. The summed E-state index contributed by atoms with van der Waals surface area (Å²) in [4.78, 5) is 22.1. The zero-order chi connectivity index (χ0) is 13.4. The van der Waals surface area contributed by atoms with Crippen molar-refractivity contribution in [3.8, 4) is 0 Å². The van der Waals surface area contributed by atoms with E-state index in [2.05, 4.69) is 4.74 Å². The van der Waals surface area contributed by atoms with Gasteiger partial charge in [-0.25, -0.2) is 4.79 Å². The fourth-order valence-electron chi connectivity index (χ4n) is 1.39. The highest BCUT2D eigenvalue weighted by molar-refractivity contribution is 5.77. The summed E-state index contributed by atoms with van der Waals surface area (Å²) in [5, 5.41) is 0. The number of methoxy groups -OCH3 is 1. The molecule has 0 spiro atoms. The number of carbonyl (C=O) groups excluding carboxylic acids is 2. The lowest BCUT2D eigenvalue weighted by Gasteiger charge is -2.11. The molecule has 1 rings (SSSR count). The number of hydrogen-bond acceptors (Lipinski definition) is 4. The van der Waals surface area contributed by atoms with Crippen molar-refractivity contribution in [2.45, 2.75) is 19.4 Å². The van der Waals surface area contributed by atoms with E-state index in [1.807, 2.05) is 30.3 Å². The van der Waals surface area contributed by atoms with E-state index >= 15 is 0 Å². The highest BCUT2D eigenvalue weighted by Crippen LogP contribution is 2.08. The summed E-state index contributed by atoms with van der Waals surface area (Å²) in [6.45, 7) is 1.45. The predicted octanol–water partition coefficient (Wildman–Crippen LogP) is 2.83. The zero-order valence-corrected chi connectivity index (χ0v) is 10.5. The number of hydrogen-bond donors (Lipinski definition) is 0. The third-order valence-corrected chi connectivity index (χ3v) is 2.21. The minimum Gasteiger partial charge on any atom is -0.438 e. The molecular weight excluding hydrogens is 232 g/mol. The minimum atomic E-state index is -0.793. The van der Waals surface area contributed by atoms with E-state index in [1.54, 1.807) is 12.2 Å². The third kappa shape index (κ3) is 5.30. The Hall–Kier alpha value is -2.10. The molecule has 0 aliphatic rings. The molecule has 0 saturated carbocycles. The molecule has 1 aromatic carbocycles. The van der Waals surface area contributed by atoms with Gasteiger partial charge in [-0.2, -0.15) is 0 Å². The molecule has 0 saturated heterocycles. The summed E-state index contributed by atoms with van der Waals surface area (Å²) in [6.07, 6.45) is 2.22. The molecule has 0 aliphatic carbocycles. The van der Waals surface area contributed by atoms with Crippen molar-refractivity contribution in [2.24, 2.45) is 0 Å². The van der Waals surface area contributed by atoms with Gasteiger partial charge in [-0.15, -0.1) is 0 Å². The van der Waals surface area contributed by atoms with Crippen LogP contribution >= 0.6 is 0 Å². The van der Waals surface area contributed by atoms with Crippen molar-refractivity contribution in [1.29, 1.82) is 0 Å². The molecule has 1 unspecified atom stereocenters. The standard InChI is InChI=1S/C14H16O4/c1-11(15)10-13(18-14(16)17-2)9-8-12-6-4-3-5-7-12/h3-9,13H,10H2,1-2H3/b9-8+. The van der Waals surface area contributed by atoms with Crippen LogP contribution in [0.2, 0.25) is 0 Å². The lowest BCUT2D eigenvalue weighted by Crippen LogP contribution is -2.18. The van der Waals surface area contributed by atoms with E-state index in [-0.39, 0.29) is 12.2 Å². The number of carbonyl (C=O) groups is 2. The van der Waals surface area contributed by atoms with Gasteiger partial charge in [0, 0.05) is 6.42 Å². The molecule has 0 aliphatic heterocycles. The fourth-order valence-corrected chi connectivity index (χ4v) is 1.39. The van der Waals surface area contributed by atoms with Crippen LogP contribution in [0.4, 0.5) is 4.79 Å². The highest BCUT2D eigenvalue weighted by Gasteiger charge is 2.13. The average Bonchev–Trinajstić information content (AvgIpc) is 2.36. The molecule has 0 amide bonds. The summed E-state index contributed by atoms with van der Waals surface area (Å²) in [7, 11) is 1.23. The van der Waals surface area contributed by atoms with Gasteiger partial charge in [-0.1, -0.05) is 36.4 Å². The Morgan fingerprint density at radius 1 is 1.28 bits per heavy atom. The van der Waals surface area contributed by atoms with Gasteiger partial charge in [0.1, 0.15) is 11.9 Å². The summed E-state index contributed by atoms with van der Waals surface area (Å²) in [5.74, 6) is -0.0541. The maximum absolute atomic E-state index is 11.1. The lowest BCUT2D eigenvalue weighted by molar-refractivity contribution is -0.118. The van der Waals surface area contributed by atoms with E-state index in [1.165, 1.54) is 14.0 Å². The first-order valence-electron chi connectivity index (χ1n) is 5.59. The van der Waals surface area contributed by atoms with Gasteiger partial charge in [0.25, 0.3) is 0 Å². The molecule has 0 heterocycles. The monoisotopic (exact) mass is 248 g/mol. The molecule has 0 radical (unpaired) electrons. The van der Waals surface area contributed by atoms with Crippen LogP contribution in [0.1, 0.15) is 18.9 Å². The molecule has 18 heavy (non-hydrogen) atoms. The van der Waals surface area contributed by atoms with E-state index in [0.717, 1.165) is 5.56 Å². The first-order chi connectivity index (χ1) is 8.61. The van der Waals surface area contributed by atoms with Crippen molar-refractivity contribution < 1.29 is 19.1 Å². The second-order valence-corrected chi connectivity index (χ2v) is 3.79. The SMILES string of the molecule is COC(=O)OC(/C=C/c1ccccc1)CC(C)=O. The van der Waals surface area contributed by atoms with Crippen LogP contribution in [0.15, 0.2) is 36.4 Å². The Morgan fingerprint density at radius 3 is 2.50 bits per heavy atom. The van der Waals surface area contributed by atoms with Gasteiger partial charge >= 0.3 is 6.16 Å². The summed E-state index contributed by atoms with van der Waals surface area (Å²) >= 11 is 0. The summed E-state index contributed by atoms with van der Waals surface area (Å²) in [5.41, 5.74) is 0.972. The topological polar surface area (TPSA) is 52.6 Å². The maximum atomic E-state index is 11.1. The van der Waals surface area contributed by atoms with Crippen molar-refractivity contribution >= 4 is 18.0 Å². The number of Topliss-reactive ketones (excluding diaryl/α,β-unsaturated/α-hetero) is 1. The quantitative estimate of drug-likeness (QED) is 0.752. The molecule has 0 fully saturated rings. The number of rotatable bonds is 5. The molecule has 1 atom stereocenters. The first-order valence-corrected chi connectivity index (χ1v) is 5.59. The van der Waals surface area contributed by atoms with Gasteiger partial charge in [0.05, 0.1) is 7.11 Å². The minimum absolute atomic E-state index is 0.0541. The normalized spacial score (nSPS) is 12.1. The number of ketones is 1. The Labute approximate surface area is 106 Å². The van der Waals surface area contributed by atoms with Gasteiger partial charge in [0.15, 0.2) is 0 Å². The molecule has 4 nitrogen and oxygen atoms in total. The number of benzene rings is 1. The predicted molar refractivity (Wildman–Crippen MR) is 68.1 cm³/mol. The molecule has 1 aromatic rings. The van der Waals surface area contributed by atoms with Gasteiger partial charge in [0.2, 0.25) is 0 Å². The van der Waals surface area contributed by atoms with E-state index in [4.69, 9.17) is 4.74 Å². The van der Waals surface area contributed by atoms with Crippen molar-refractivity contribution in [2.75, 3.05) is 7.11 Å². The van der Waals surface area contributed by atoms with Crippen molar-refractivity contribution in [3.05, 3.63) is 42.0 Å². The van der Waals surface area contributed by atoms with Crippen molar-refractivity contribution in [3.63, 3.8) is 0 Å². The van der Waals surface area contributed by atoms with E-state index in [0.29, 0.717) is 0 Å². The third-order valence-electron chi connectivity index (χ3n) is 2.21. The fraction of sp³-hybridized carbons (Fsp3) is 0.286. The molecule has 0 N–H and O–H groups in total. The van der Waals surface area contributed by atoms with Gasteiger partial charge < -0.3 is 9.47 Å². The average molecular weight is 248 g/mol. The molecule has 4 heteroatoms. The maximum Gasteiger partial charge on any atom is 0.508 e. The molecule has 0 aromatic heterocycles. The van der Waals surface area contributed by atoms with Crippen LogP contribution in [0.5, 0.6) is 0 Å². The van der Waals surface area contributed by atoms with Crippen molar-refractivity contribution in [1.82, 2.24) is 0 Å². The number of ether oxygens (including phenoxy) is 2. The first kappa shape index (κ1) is 14.0. The molecule has 0 bridgehead atoms. The van der Waals surface area contributed by atoms with Crippen LogP contribution in [-0.2, 0) is 14.3 Å². The highest BCUT2D eigenvalue weighted by atomic mass is 16.7. The van der Waals surface area contributed by atoms with Gasteiger partial charge in [-0.05, 0) is 18.6 Å². The van der Waals surface area contributed by atoms with E-state index < -0.39 is 12.3 Å². The second-order valence-electron chi connectivity index (χ2n) is 3.79. The lowest BCUT2D eigenvalue weighted by atomic mass is 10.1. The van der Waals surface area contributed by atoms with E-state index in [9.17, 15) is 9.59 Å². The zero-order valence-electron chi connectivity index (χ0n) is 10.5. The smallest absolute Gasteiger partial charge is 0.438 e. The Bertz CT molecular complexity index is 423. The van der Waals surface area contributed by atoms with Crippen LogP contribution < -0.4 is 0 Å². The van der Waals surface area contributed by atoms with Gasteiger partial charge in [-0.3, -0.25) is 4.79 Å². The van der Waals surface area contributed by atoms with Crippen LogP contribution in [0.25, 0.3) is 6.08 Å². The molecule has 96 valence electrons. The van der Waals surface area contributed by atoms with Crippen LogP contribution in [0.3, 0.4) is 0 Å². The largest absolute Gasteiger partial charge is 0.508 e. The van der Waals surface area contributed by atoms with Crippen LogP contribution in [0, 0.1) is 0 Å². The Kier molecular flexibility index (Phi) is 5.64. The Balaban J connectivity index is 2.68. The van der Waals surface area contributed by atoms with Crippen LogP contribution in [-0.4, -0.2) is 25.2 Å². The summed E-state index contributed by atoms with van der Waals surface area (Å²) in [6, 6.07) is 9.55. The Morgan fingerprint density at radius 2 is 1.94 bits per heavy atom. The molecular formula is C14H16O4.